The van der Waals surface area contributed by atoms with Crippen molar-refractivity contribution >= 4 is 17.6 Å². The molecular formula is C6H6F2N2S. The van der Waals surface area contributed by atoms with Gasteiger partial charge in [-0.3, -0.25) is 0 Å². The highest BCUT2D eigenvalue weighted by molar-refractivity contribution is 7.99. The quantitative estimate of drug-likeness (QED) is 0.700. The molecule has 0 unspecified atom stereocenters. The molecule has 1 aromatic heterocycles. The molecule has 0 saturated heterocycles. The predicted molar refractivity (Wildman–Crippen MR) is 40.5 cm³/mol. The second kappa shape index (κ2) is 3.52. The van der Waals surface area contributed by atoms with E-state index >= 15 is 0 Å². The highest BCUT2D eigenvalue weighted by Crippen LogP contribution is 2.27. The first kappa shape index (κ1) is 8.26. The fourth-order valence-corrected chi connectivity index (χ4v) is 1.12. The van der Waals surface area contributed by atoms with Crippen molar-refractivity contribution in [2.45, 2.75) is 10.7 Å². The van der Waals surface area contributed by atoms with Gasteiger partial charge in [0, 0.05) is 6.20 Å². The average molecular weight is 176 g/mol. The minimum absolute atomic E-state index is 0.151. The Kier molecular flexibility index (Phi) is 2.64. The Labute approximate surface area is 66.8 Å². The molecule has 1 heterocycles. The van der Waals surface area contributed by atoms with E-state index in [1.807, 2.05) is 0 Å². The number of alkyl halides is 2. The lowest BCUT2D eigenvalue weighted by atomic mass is 10.5. The number of anilines is 1. The third-order valence-corrected chi connectivity index (χ3v) is 1.79. The number of nitrogens with two attached hydrogens (primary N) is 1. The fourth-order valence-electron chi connectivity index (χ4n) is 0.598. The van der Waals surface area contributed by atoms with Crippen LogP contribution >= 0.6 is 11.8 Å². The molecule has 0 bridgehead atoms. The molecule has 0 amide bonds. The smallest absolute Gasteiger partial charge is 0.289 e. The molecule has 0 fully saturated rings. The Balaban J connectivity index is 2.78. The molecule has 60 valence electrons. The zero-order chi connectivity index (χ0) is 8.27. The number of rotatable bonds is 2. The first-order valence-corrected chi connectivity index (χ1v) is 3.73. The summed E-state index contributed by atoms with van der Waals surface area (Å²) in [6, 6.07) is 3.08. The highest BCUT2D eigenvalue weighted by Gasteiger charge is 2.07. The lowest BCUT2D eigenvalue weighted by Crippen LogP contribution is -1.93. The molecule has 0 aliphatic rings. The maximum Gasteiger partial charge on any atom is 0.289 e. The molecule has 2 N–H and O–H groups in total. The third kappa shape index (κ3) is 2.34. The zero-order valence-electron chi connectivity index (χ0n) is 5.50. The van der Waals surface area contributed by atoms with Gasteiger partial charge in [-0.1, -0.05) is 11.8 Å². The van der Waals surface area contributed by atoms with Gasteiger partial charge in [-0.05, 0) is 12.1 Å². The Hall–Kier alpha value is -0.840. The van der Waals surface area contributed by atoms with Gasteiger partial charge in [0.1, 0.15) is 5.82 Å². The number of halogens is 2. The van der Waals surface area contributed by atoms with Crippen LogP contribution in [0, 0.1) is 0 Å². The van der Waals surface area contributed by atoms with Crippen molar-refractivity contribution in [3.05, 3.63) is 18.3 Å². The molecule has 0 radical (unpaired) electrons. The van der Waals surface area contributed by atoms with E-state index in [-0.39, 0.29) is 5.82 Å². The standard InChI is InChI=1S/C6H6F2N2S/c7-6(8)11-4-2-1-3-10-5(4)9/h1-3,6H,(H2,9,10). The van der Waals surface area contributed by atoms with Gasteiger partial charge < -0.3 is 5.73 Å². The Bertz CT molecular complexity index is 242. The summed E-state index contributed by atoms with van der Waals surface area (Å²) in [6.45, 7) is 0. The van der Waals surface area contributed by atoms with Crippen LogP contribution in [0.5, 0.6) is 0 Å². The lowest BCUT2D eigenvalue weighted by Gasteiger charge is -2.00. The number of hydrogen-bond acceptors (Lipinski definition) is 3. The van der Waals surface area contributed by atoms with Gasteiger partial charge >= 0.3 is 0 Å². The predicted octanol–water partition coefficient (Wildman–Crippen LogP) is 1.98. The van der Waals surface area contributed by atoms with Gasteiger partial charge in [0.05, 0.1) is 4.90 Å². The van der Waals surface area contributed by atoms with E-state index in [0.717, 1.165) is 0 Å². The summed E-state index contributed by atoms with van der Waals surface area (Å²) >= 11 is 0.404. The van der Waals surface area contributed by atoms with E-state index < -0.39 is 5.76 Å². The van der Waals surface area contributed by atoms with E-state index in [1.54, 1.807) is 6.07 Å². The van der Waals surface area contributed by atoms with Gasteiger partial charge in [0.2, 0.25) is 0 Å². The molecule has 11 heavy (non-hydrogen) atoms. The normalized spacial score (nSPS) is 10.5. The van der Waals surface area contributed by atoms with Gasteiger partial charge in [-0.25, -0.2) is 4.98 Å². The fraction of sp³-hybridized carbons (Fsp3) is 0.167. The van der Waals surface area contributed by atoms with E-state index in [9.17, 15) is 8.78 Å². The summed E-state index contributed by atoms with van der Waals surface area (Å²) < 4.78 is 23.6. The highest BCUT2D eigenvalue weighted by atomic mass is 32.2. The zero-order valence-corrected chi connectivity index (χ0v) is 6.31. The Morgan fingerprint density at radius 2 is 2.27 bits per heavy atom. The molecule has 0 atom stereocenters. The van der Waals surface area contributed by atoms with Crippen LogP contribution < -0.4 is 5.73 Å². The minimum Gasteiger partial charge on any atom is -0.383 e. The molecule has 5 heteroatoms. The SMILES string of the molecule is Nc1ncccc1SC(F)F. The van der Waals surface area contributed by atoms with Crippen molar-refractivity contribution in [2.24, 2.45) is 0 Å². The minimum atomic E-state index is -2.44. The van der Waals surface area contributed by atoms with Crippen LogP contribution in [0.1, 0.15) is 0 Å². The van der Waals surface area contributed by atoms with Crippen LogP contribution in [0.4, 0.5) is 14.6 Å². The van der Waals surface area contributed by atoms with Crippen LogP contribution in [0.15, 0.2) is 23.2 Å². The van der Waals surface area contributed by atoms with Crippen LogP contribution in [-0.2, 0) is 0 Å². The summed E-state index contributed by atoms with van der Waals surface area (Å²) in [6.07, 6.45) is 1.46. The molecule has 1 rings (SSSR count). The van der Waals surface area contributed by atoms with Gasteiger partial charge in [-0.15, -0.1) is 0 Å². The summed E-state index contributed by atoms with van der Waals surface area (Å²) in [5.41, 5.74) is 5.30. The van der Waals surface area contributed by atoms with Crippen LogP contribution in [-0.4, -0.2) is 10.7 Å². The van der Waals surface area contributed by atoms with Crippen molar-refractivity contribution in [2.75, 3.05) is 5.73 Å². The van der Waals surface area contributed by atoms with Gasteiger partial charge in [0.15, 0.2) is 0 Å². The number of aromatic nitrogens is 1. The molecule has 1 aromatic rings. The number of pyridine rings is 1. The van der Waals surface area contributed by atoms with Crippen molar-refractivity contribution in [3.8, 4) is 0 Å². The number of thioether (sulfide) groups is 1. The van der Waals surface area contributed by atoms with Gasteiger partial charge in [0.25, 0.3) is 5.76 Å². The van der Waals surface area contributed by atoms with Crippen LogP contribution in [0.3, 0.4) is 0 Å². The van der Waals surface area contributed by atoms with Crippen molar-refractivity contribution in [1.82, 2.24) is 4.98 Å². The molecular weight excluding hydrogens is 170 g/mol. The second-order valence-electron chi connectivity index (χ2n) is 1.77. The van der Waals surface area contributed by atoms with E-state index in [0.29, 0.717) is 16.7 Å². The lowest BCUT2D eigenvalue weighted by molar-refractivity contribution is 0.252. The molecule has 0 spiro atoms. The first-order valence-electron chi connectivity index (χ1n) is 2.85. The number of nitrogens with zero attached hydrogens (tertiary/aromatic N) is 1. The van der Waals surface area contributed by atoms with Crippen molar-refractivity contribution in [3.63, 3.8) is 0 Å². The largest absolute Gasteiger partial charge is 0.383 e. The van der Waals surface area contributed by atoms with Crippen molar-refractivity contribution in [1.29, 1.82) is 0 Å². The average Bonchev–Trinajstić information content (AvgIpc) is 1.93. The van der Waals surface area contributed by atoms with E-state index in [1.165, 1.54) is 12.3 Å². The van der Waals surface area contributed by atoms with E-state index in [2.05, 4.69) is 4.98 Å². The van der Waals surface area contributed by atoms with Crippen LogP contribution in [0.2, 0.25) is 0 Å². The first-order chi connectivity index (χ1) is 5.20. The van der Waals surface area contributed by atoms with E-state index in [4.69, 9.17) is 5.73 Å². The topological polar surface area (TPSA) is 38.9 Å². The monoisotopic (exact) mass is 176 g/mol. The summed E-state index contributed by atoms with van der Waals surface area (Å²) in [5.74, 6) is -2.29. The molecule has 0 aliphatic heterocycles. The van der Waals surface area contributed by atoms with Crippen LogP contribution in [0.25, 0.3) is 0 Å². The summed E-state index contributed by atoms with van der Waals surface area (Å²) in [7, 11) is 0. The van der Waals surface area contributed by atoms with Gasteiger partial charge in [-0.2, -0.15) is 8.78 Å². The molecule has 2 nitrogen and oxygen atoms in total. The summed E-state index contributed by atoms with van der Waals surface area (Å²) in [4.78, 5) is 3.98. The Morgan fingerprint density at radius 3 is 2.82 bits per heavy atom. The summed E-state index contributed by atoms with van der Waals surface area (Å²) in [5, 5.41) is 0. The molecule has 0 saturated carbocycles. The number of nitrogen functional groups attached to an aromatic ring is 1. The third-order valence-electron chi connectivity index (χ3n) is 1.02. The maximum absolute atomic E-state index is 11.8. The molecule has 0 aliphatic carbocycles. The maximum atomic E-state index is 11.8. The number of hydrogen-bond donors (Lipinski definition) is 1. The van der Waals surface area contributed by atoms with Crippen molar-refractivity contribution < 1.29 is 8.78 Å². The Morgan fingerprint density at radius 1 is 1.55 bits per heavy atom. The molecule has 0 aromatic carbocycles. The second-order valence-corrected chi connectivity index (χ2v) is 2.80.